The van der Waals surface area contributed by atoms with Crippen LogP contribution in [-0.4, -0.2) is 38.8 Å². The normalized spacial score (nSPS) is 23.9. The predicted molar refractivity (Wildman–Crippen MR) is 78.5 cm³/mol. The quantitative estimate of drug-likeness (QED) is 0.767. The first-order chi connectivity index (χ1) is 8.41. The zero-order chi connectivity index (χ0) is 13.2. The molecule has 1 atom stereocenters. The van der Waals surface area contributed by atoms with Gasteiger partial charge in [-0.25, -0.2) is 13.1 Å². The second-order valence-corrected chi connectivity index (χ2v) is 7.98. The van der Waals surface area contributed by atoms with Crippen molar-refractivity contribution in [3.8, 4) is 0 Å². The van der Waals surface area contributed by atoms with E-state index in [0.717, 1.165) is 17.8 Å². The number of β-amino-alcohol motifs (C(OH)–C–C–N with tert-alkyl or cyclic N) is 1. The molecule has 8 heteroatoms. The fourth-order valence-corrected chi connectivity index (χ4v) is 4.41. The maximum atomic E-state index is 12.0. The van der Waals surface area contributed by atoms with E-state index in [4.69, 9.17) is 0 Å². The van der Waals surface area contributed by atoms with Crippen LogP contribution in [0.15, 0.2) is 16.3 Å². The second-order valence-electron chi connectivity index (χ2n) is 4.69. The van der Waals surface area contributed by atoms with E-state index in [1.807, 2.05) is 6.92 Å². The highest BCUT2D eigenvalue weighted by atomic mass is 35.5. The molecule has 0 radical (unpaired) electrons. The molecule has 1 unspecified atom stereocenters. The van der Waals surface area contributed by atoms with Crippen molar-refractivity contribution >= 4 is 33.8 Å². The molecular formula is C11H19ClN2O3S2. The fourth-order valence-electron chi connectivity index (χ4n) is 1.96. The van der Waals surface area contributed by atoms with Gasteiger partial charge in [-0.3, -0.25) is 0 Å². The monoisotopic (exact) mass is 326 g/mol. The third kappa shape index (κ3) is 4.40. The van der Waals surface area contributed by atoms with Gasteiger partial charge in [0.1, 0.15) is 4.21 Å². The highest BCUT2D eigenvalue weighted by molar-refractivity contribution is 7.91. The summed E-state index contributed by atoms with van der Waals surface area (Å²) >= 11 is 1.23. The lowest BCUT2D eigenvalue weighted by Gasteiger charge is -2.32. The van der Waals surface area contributed by atoms with E-state index in [2.05, 4.69) is 10.0 Å². The highest BCUT2D eigenvalue weighted by Gasteiger charge is 2.31. The van der Waals surface area contributed by atoms with E-state index in [0.29, 0.717) is 17.2 Å². The summed E-state index contributed by atoms with van der Waals surface area (Å²) in [5.41, 5.74) is -0.975. The lowest BCUT2D eigenvalue weighted by molar-refractivity contribution is 0.0218. The average Bonchev–Trinajstić information content (AvgIpc) is 2.76. The largest absolute Gasteiger partial charge is 0.387 e. The molecule has 5 nitrogen and oxygen atoms in total. The average molecular weight is 327 g/mol. The molecule has 1 fully saturated rings. The zero-order valence-corrected chi connectivity index (χ0v) is 13.1. The minimum atomic E-state index is -3.50. The Bertz CT molecular complexity index is 510. The van der Waals surface area contributed by atoms with Crippen molar-refractivity contribution in [1.82, 2.24) is 10.0 Å². The number of halogens is 1. The fraction of sp³-hybridized carbons (Fsp3) is 0.636. The zero-order valence-electron chi connectivity index (χ0n) is 10.7. The number of hydrogen-bond acceptors (Lipinski definition) is 5. The topological polar surface area (TPSA) is 78.4 Å². The Morgan fingerprint density at radius 3 is 2.79 bits per heavy atom. The van der Waals surface area contributed by atoms with Crippen LogP contribution in [-0.2, 0) is 10.0 Å². The molecule has 1 aromatic heterocycles. The summed E-state index contributed by atoms with van der Waals surface area (Å²) in [6.45, 7) is 3.22. The van der Waals surface area contributed by atoms with E-state index >= 15 is 0 Å². The van der Waals surface area contributed by atoms with Crippen LogP contribution in [0.3, 0.4) is 0 Å². The van der Waals surface area contributed by atoms with Crippen molar-refractivity contribution in [3.05, 3.63) is 17.0 Å². The van der Waals surface area contributed by atoms with E-state index in [1.165, 1.54) is 11.3 Å². The van der Waals surface area contributed by atoms with Gasteiger partial charge in [0.25, 0.3) is 0 Å². The van der Waals surface area contributed by atoms with Gasteiger partial charge in [0.15, 0.2) is 0 Å². The first kappa shape index (κ1) is 16.9. The molecule has 0 amide bonds. The molecule has 19 heavy (non-hydrogen) atoms. The van der Waals surface area contributed by atoms with E-state index in [9.17, 15) is 13.5 Å². The van der Waals surface area contributed by atoms with Crippen molar-refractivity contribution in [3.63, 3.8) is 0 Å². The van der Waals surface area contributed by atoms with Crippen LogP contribution in [0.5, 0.6) is 0 Å². The molecule has 0 bridgehead atoms. The maximum Gasteiger partial charge on any atom is 0.250 e. The van der Waals surface area contributed by atoms with Crippen molar-refractivity contribution in [2.45, 2.75) is 29.6 Å². The Kier molecular flexibility index (Phi) is 5.78. The SMILES string of the molecule is Cc1ccc(S(=O)(=O)NCC2(O)CCCNC2)s1.Cl. The Morgan fingerprint density at radius 1 is 1.53 bits per heavy atom. The van der Waals surface area contributed by atoms with Gasteiger partial charge >= 0.3 is 0 Å². The van der Waals surface area contributed by atoms with E-state index < -0.39 is 15.6 Å². The van der Waals surface area contributed by atoms with Crippen LogP contribution in [0.25, 0.3) is 0 Å². The van der Waals surface area contributed by atoms with Crippen LogP contribution >= 0.6 is 23.7 Å². The molecule has 0 saturated carbocycles. The van der Waals surface area contributed by atoms with Gasteiger partial charge in [-0.15, -0.1) is 23.7 Å². The maximum absolute atomic E-state index is 12.0. The standard InChI is InChI=1S/C11H18N2O3S2.ClH/c1-9-3-4-10(17-9)18(15,16)13-8-11(14)5-2-6-12-7-11;/h3-4,12-14H,2,5-8H2,1H3;1H. The first-order valence-corrected chi connectivity index (χ1v) is 8.21. The molecular weight excluding hydrogens is 308 g/mol. The Morgan fingerprint density at radius 2 is 2.26 bits per heavy atom. The lowest BCUT2D eigenvalue weighted by atomic mass is 9.95. The molecule has 1 aliphatic rings. The minimum absolute atomic E-state index is 0. The molecule has 1 aliphatic heterocycles. The number of sulfonamides is 1. The molecule has 0 aromatic carbocycles. The summed E-state index contributed by atoms with van der Waals surface area (Å²) in [5, 5.41) is 13.3. The summed E-state index contributed by atoms with van der Waals surface area (Å²) < 4.78 is 26.8. The highest BCUT2D eigenvalue weighted by Crippen LogP contribution is 2.21. The molecule has 1 aromatic rings. The third-order valence-electron chi connectivity index (χ3n) is 3.02. The van der Waals surface area contributed by atoms with Crippen molar-refractivity contribution in [1.29, 1.82) is 0 Å². The number of thiophene rings is 1. The predicted octanol–water partition coefficient (Wildman–Crippen LogP) is 0.871. The summed E-state index contributed by atoms with van der Waals surface area (Å²) in [5.74, 6) is 0. The van der Waals surface area contributed by atoms with Crippen LogP contribution in [0.1, 0.15) is 17.7 Å². The summed E-state index contributed by atoms with van der Waals surface area (Å²) in [6, 6.07) is 3.36. The number of aryl methyl sites for hydroxylation is 1. The Hall–Kier alpha value is -0.180. The van der Waals surface area contributed by atoms with Gasteiger partial charge in [0.05, 0.1) is 5.60 Å². The van der Waals surface area contributed by atoms with Gasteiger partial charge in [0, 0.05) is 18.0 Å². The summed E-state index contributed by atoms with van der Waals surface area (Å²) in [4.78, 5) is 0.952. The van der Waals surface area contributed by atoms with Crippen molar-refractivity contribution in [2.24, 2.45) is 0 Å². The van der Waals surface area contributed by atoms with E-state index in [1.54, 1.807) is 12.1 Å². The molecule has 110 valence electrons. The number of hydrogen-bond donors (Lipinski definition) is 3. The molecule has 0 aliphatic carbocycles. The number of nitrogens with one attached hydrogen (secondary N) is 2. The lowest BCUT2D eigenvalue weighted by Crippen LogP contribution is -2.52. The number of rotatable bonds is 4. The smallest absolute Gasteiger partial charge is 0.250 e. The van der Waals surface area contributed by atoms with Crippen LogP contribution < -0.4 is 10.0 Å². The second kappa shape index (κ2) is 6.51. The van der Waals surface area contributed by atoms with Gasteiger partial charge in [-0.1, -0.05) is 0 Å². The third-order valence-corrected chi connectivity index (χ3v) is 5.92. The molecule has 2 heterocycles. The molecule has 1 saturated heterocycles. The first-order valence-electron chi connectivity index (χ1n) is 5.91. The van der Waals surface area contributed by atoms with Crippen LogP contribution in [0.2, 0.25) is 0 Å². The van der Waals surface area contributed by atoms with Crippen molar-refractivity contribution in [2.75, 3.05) is 19.6 Å². The van der Waals surface area contributed by atoms with Gasteiger partial charge in [-0.05, 0) is 38.4 Å². The number of aliphatic hydroxyl groups is 1. The summed E-state index contributed by atoms with van der Waals surface area (Å²) in [6.07, 6.45) is 1.47. The molecule has 3 N–H and O–H groups in total. The van der Waals surface area contributed by atoms with Crippen LogP contribution in [0, 0.1) is 6.92 Å². The van der Waals surface area contributed by atoms with E-state index in [-0.39, 0.29) is 19.0 Å². The van der Waals surface area contributed by atoms with Crippen LogP contribution in [0.4, 0.5) is 0 Å². The minimum Gasteiger partial charge on any atom is -0.387 e. The molecule has 2 rings (SSSR count). The summed E-state index contributed by atoms with van der Waals surface area (Å²) in [7, 11) is -3.50. The van der Waals surface area contributed by atoms with Gasteiger partial charge in [-0.2, -0.15) is 0 Å². The van der Waals surface area contributed by atoms with Gasteiger partial charge < -0.3 is 10.4 Å². The van der Waals surface area contributed by atoms with Crippen molar-refractivity contribution < 1.29 is 13.5 Å². The number of piperidine rings is 1. The Balaban J connectivity index is 0.00000180. The molecule has 0 spiro atoms. The Labute approximate surface area is 123 Å². The van der Waals surface area contributed by atoms with Gasteiger partial charge in [0.2, 0.25) is 10.0 Å².